The van der Waals surface area contributed by atoms with Crippen LogP contribution in [0.4, 0.5) is 14.9 Å². The molecule has 12 nitrogen and oxygen atoms in total. The highest BCUT2D eigenvalue weighted by molar-refractivity contribution is 6.25. The van der Waals surface area contributed by atoms with Crippen LogP contribution in [0.15, 0.2) is 42.5 Å². The van der Waals surface area contributed by atoms with Gasteiger partial charge in [0.25, 0.3) is 11.8 Å². The number of hydrogen-bond acceptors (Lipinski definition) is 7. The topological polar surface area (TPSA) is 171 Å². The van der Waals surface area contributed by atoms with E-state index in [-0.39, 0.29) is 48.5 Å². The molecule has 0 aromatic heterocycles. The average molecular weight is 621 g/mol. The molecule has 4 unspecified atom stereocenters. The first-order valence-electron chi connectivity index (χ1n) is 15.3. The highest BCUT2D eigenvalue weighted by atomic mass is 19.1. The monoisotopic (exact) mass is 620 g/mol. The molecular weight excluding hydrogens is 583 g/mol. The molecular formula is C32H37FN6O6. The number of rotatable bonds is 11. The Morgan fingerprint density at radius 1 is 1.02 bits per heavy atom. The first-order chi connectivity index (χ1) is 21.6. The fourth-order valence-electron chi connectivity index (χ4n) is 6.69. The fourth-order valence-corrected chi connectivity index (χ4v) is 6.69. The number of piperidine rings is 1. The molecule has 0 radical (unpaired) electrons. The first-order valence-corrected chi connectivity index (χ1v) is 15.3. The van der Waals surface area contributed by atoms with E-state index in [1.165, 1.54) is 12.1 Å². The molecule has 2 aromatic rings. The SMILES string of the molecule is CCNC(=O)N1CC(C(N)=O)C(c2ccc(F)cc2)C1CCCCCNc1cccc2c1C(=O)N(C1CCC(=O)NC1=O)C2=O. The number of carbonyl (C=O) groups excluding carboxylic acids is 6. The largest absolute Gasteiger partial charge is 0.384 e. The number of halogens is 1. The van der Waals surface area contributed by atoms with Crippen LogP contribution in [0, 0.1) is 11.7 Å². The minimum atomic E-state index is -1.04. The minimum absolute atomic E-state index is 0.0463. The van der Waals surface area contributed by atoms with E-state index in [0.717, 1.165) is 23.3 Å². The van der Waals surface area contributed by atoms with Crippen molar-refractivity contribution in [1.29, 1.82) is 0 Å². The molecule has 0 saturated carbocycles. The summed E-state index contributed by atoms with van der Waals surface area (Å²) >= 11 is 0. The summed E-state index contributed by atoms with van der Waals surface area (Å²) in [6, 6.07) is 9.26. The third-order valence-corrected chi connectivity index (χ3v) is 8.81. The van der Waals surface area contributed by atoms with Crippen LogP contribution in [-0.4, -0.2) is 77.1 Å². The van der Waals surface area contributed by atoms with Crippen LogP contribution in [0.3, 0.4) is 0 Å². The van der Waals surface area contributed by atoms with Gasteiger partial charge in [-0.05, 0) is 56.0 Å². The van der Waals surface area contributed by atoms with Crippen molar-refractivity contribution in [3.05, 3.63) is 65.0 Å². The Balaban J connectivity index is 1.21. The van der Waals surface area contributed by atoms with Gasteiger partial charge in [0.2, 0.25) is 17.7 Å². The standard InChI is InChI=1S/C32H37FN6O6/c1-2-35-32(45)38-17-21(28(34)41)26(18-10-12-19(33)13-11-18)23(38)9-4-3-5-16-36-22-8-6-7-20-27(22)31(44)39(30(20)43)24-14-15-25(40)37-29(24)42/h6-8,10-13,21,23-24,26,36H,2-5,9,14-17H2,1H3,(H2,34,41)(H,35,45)(H,37,40,42). The Morgan fingerprint density at radius 2 is 1.78 bits per heavy atom. The molecule has 7 amide bonds. The van der Waals surface area contributed by atoms with Crippen molar-refractivity contribution in [2.24, 2.45) is 11.7 Å². The van der Waals surface area contributed by atoms with Crippen LogP contribution in [-0.2, 0) is 14.4 Å². The second kappa shape index (κ2) is 13.4. The number of unbranched alkanes of at least 4 members (excludes halogenated alkanes) is 2. The summed E-state index contributed by atoms with van der Waals surface area (Å²) in [7, 11) is 0. The smallest absolute Gasteiger partial charge is 0.317 e. The van der Waals surface area contributed by atoms with Crippen LogP contribution >= 0.6 is 0 Å². The van der Waals surface area contributed by atoms with E-state index in [2.05, 4.69) is 16.0 Å². The number of amides is 7. The first kappa shape index (κ1) is 31.6. The molecule has 3 aliphatic heterocycles. The van der Waals surface area contributed by atoms with Crippen molar-refractivity contribution in [3.63, 3.8) is 0 Å². The Hall–Kier alpha value is -4.81. The van der Waals surface area contributed by atoms with Crippen LogP contribution in [0.1, 0.15) is 77.6 Å². The maximum absolute atomic E-state index is 13.7. The molecule has 238 valence electrons. The predicted octanol–water partition coefficient (Wildman–Crippen LogP) is 2.50. The van der Waals surface area contributed by atoms with Gasteiger partial charge in [0, 0.05) is 43.7 Å². The summed E-state index contributed by atoms with van der Waals surface area (Å²) < 4.78 is 13.7. The Bertz CT molecular complexity index is 1510. The number of fused-ring (bicyclic) bond motifs is 1. The summed E-state index contributed by atoms with van der Waals surface area (Å²) in [4.78, 5) is 78.3. The van der Waals surface area contributed by atoms with Gasteiger partial charge in [-0.15, -0.1) is 0 Å². The van der Waals surface area contributed by atoms with Crippen molar-refractivity contribution < 1.29 is 33.2 Å². The minimum Gasteiger partial charge on any atom is -0.384 e. The zero-order valence-corrected chi connectivity index (χ0v) is 25.0. The zero-order chi connectivity index (χ0) is 32.2. The number of nitrogens with zero attached hydrogens (tertiary/aromatic N) is 2. The van der Waals surface area contributed by atoms with Crippen LogP contribution in [0.5, 0.6) is 0 Å². The molecule has 0 aliphatic carbocycles. The van der Waals surface area contributed by atoms with Crippen molar-refractivity contribution in [3.8, 4) is 0 Å². The number of benzene rings is 2. The number of likely N-dealkylation sites (tertiary alicyclic amines) is 1. The summed E-state index contributed by atoms with van der Waals surface area (Å²) in [5, 5.41) is 8.26. The van der Waals surface area contributed by atoms with E-state index in [1.54, 1.807) is 35.2 Å². The number of imide groups is 2. The molecule has 0 spiro atoms. The van der Waals surface area contributed by atoms with Crippen LogP contribution in [0.25, 0.3) is 0 Å². The number of primary amides is 1. The van der Waals surface area contributed by atoms with Crippen molar-refractivity contribution in [1.82, 2.24) is 20.4 Å². The second-order valence-electron chi connectivity index (χ2n) is 11.6. The van der Waals surface area contributed by atoms with Gasteiger partial charge in [-0.2, -0.15) is 0 Å². The van der Waals surface area contributed by atoms with E-state index >= 15 is 0 Å². The van der Waals surface area contributed by atoms with Gasteiger partial charge < -0.3 is 21.3 Å². The number of urea groups is 1. The second-order valence-corrected chi connectivity index (χ2v) is 11.6. The van der Waals surface area contributed by atoms with E-state index in [4.69, 9.17) is 5.73 Å². The van der Waals surface area contributed by atoms with E-state index < -0.39 is 47.3 Å². The van der Waals surface area contributed by atoms with Crippen LogP contribution in [0.2, 0.25) is 0 Å². The summed E-state index contributed by atoms with van der Waals surface area (Å²) in [5.41, 5.74) is 7.41. The highest BCUT2D eigenvalue weighted by Crippen LogP contribution is 2.41. The van der Waals surface area contributed by atoms with Gasteiger partial charge in [-0.25, -0.2) is 9.18 Å². The molecule has 3 aliphatic rings. The maximum Gasteiger partial charge on any atom is 0.317 e. The molecule has 2 saturated heterocycles. The third-order valence-electron chi connectivity index (χ3n) is 8.81. The number of hydrogen-bond donors (Lipinski definition) is 4. The molecule has 45 heavy (non-hydrogen) atoms. The van der Waals surface area contributed by atoms with E-state index in [1.807, 2.05) is 6.92 Å². The van der Waals surface area contributed by atoms with Crippen molar-refractivity contribution >= 4 is 41.3 Å². The molecule has 5 N–H and O–H groups in total. The lowest BCUT2D eigenvalue weighted by Crippen LogP contribution is -2.54. The van der Waals surface area contributed by atoms with Gasteiger partial charge in [0.15, 0.2) is 0 Å². The van der Waals surface area contributed by atoms with Gasteiger partial charge in [0.1, 0.15) is 11.9 Å². The molecule has 0 bridgehead atoms. The molecule has 2 fully saturated rings. The van der Waals surface area contributed by atoms with Crippen LogP contribution < -0.4 is 21.7 Å². The molecule has 2 aromatic carbocycles. The lowest BCUT2D eigenvalue weighted by atomic mass is 9.82. The van der Waals surface area contributed by atoms with Crippen molar-refractivity contribution in [2.75, 3.05) is 25.0 Å². The number of carbonyl (C=O) groups is 6. The Kier molecular flexibility index (Phi) is 9.45. The molecule has 3 heterocycles. The predicted molar refractivity (Wildman–Crippen MR) is 161 cm³/mol. The lowest BCUT2D eigenvalue weighted by molar-refractivity contribution is -0.136. The lowest BCUT2D eigenvalue weighted by Gasteiger charge is -2.29. The van der Waals surface area contributed by atoms with Gasteiger partial charge in [-0.1, -0.05) is 31.0 Å². The van der Waals surface area contributed by atoms with Gasteiger partial charge >= 0.3 is 6.03 Å². The van der Waals surface area contributed by atoms with E-state index in [0.29, 0.717) is 31.6 Å². The number of nitrogens with two attached hydrogens (primary N) is 1. The number of anilines is 1. The summed E-state index contributed by atoms with van der Waals surface area (Å²) in [6.07, 6.45) is 2.91. The van der Waals surface area contributed by atoms with Crippen molar-refractivity contribution in [2.45, 2.75) is 63.5 Å². The Labute approximate surface area is 259 Å². The summed E-state index contributed by atoms with van der Waals surface area (Å²) in [5.74, 6) is -4.11. The molecule has 5 rings (SSSR count). The molecule has 13 heteroatoms. The van der Waals surface area contributed by atoms with Gasteiger partial charge in [-0.3, -0.25) is 34.2 Å². The third kappa shape index (κ3) is 6.38. The highest BCUT2D eigenvalue weighted by Gasteiger charge is 2.47. The molecule has 4 atom stereocenters. The number of nitrogens with one attached hydrogen (secondary N) is 3. The maximum atomic E-state index is 13.7. The average Bonchev–Trinajstić information content (AvgIpc) is 3.51. The zero-order valence-electron chi connectivity index (χ0n) is 25.0. The van der Waals surface area contributed by atoms with Gasteiger partial charge in [0.05, 0.1) is 17.0 Å². The normalized spacial score (nSPS) is 22.8. The van der Waals surface area contributed by atoms with E-state index in [9.17, 15) is 33.2 Å². The Morgan fingerprint density at radius 3 is 2.47 bits per heavy atom. The fraction of sp³-hybridized carbons (Fsp3) is 0.438. The quantitative estimate of drug-likeness (QED) is 0.221. The summed E-state index contributed by atoms with van der Waals surface area (Å²) in [6.45, 7) is 2.92.